The van der Waals surface area contributed by atoms with E-state index in [1.807, 2.05) is 0 Å². The molecule has 0 aromatic rings. The van der Waals surface area contributed by atoms with Crippen molar-refractivity contribution in [2.45, 2.75) is 0 Å². The van der Waals surface area contributed by atoms with Crippen LogP contribution in [0.5, 0.6) is 0 Å². The molecule has 0 aromatic heterocycles. The largest absolute Gasteiger partial charge is 0.293 e. The minimum Gasteiger partial charge on any atom is -0.293 e. The van der Waals surface area contributed by atoms with E-state index in [9.17, 15) is 9.59 Å². The zero-order valence-corrected chi connectivity index (χ0v) is 10.2. The first-order chi connectivity index (χ1) is 6.63. The molecular formula is C10H6Br2O2. The number of halogens is 2. The van der Waals surface area contributed by atoms with Gasteiger partial charge in [-0.25, -0.2) is 0 Å². The maximum Gasteiger partial charge on any atom is 0.178 e. The number of carbonyl (C=O) groups is 2. The van der Waals surface area contributed by atoms with Gasteiger partial charge in [-0.05, 0) is 31.9 Å². The Balaban J connectivity index is 2.52. The van der Waals surface area contributed by atoms with Crippen LogP contribution in [0.3, 0.4) is 0 Å². The fourth-order valence-corrected chi connectivity index (χ4v) is 2.54. The van der Waals surface area contributed by atoms with Crippen molar-refractivity contribution in [2.75, 3.05) is 0 Å². The zero-order valence-electron chi connectivity index (χ0n) is 7.04. The van der Waals surface area contributed by atoms with Gasteiger partial charge in [0, 0.05) is 0 Å². The molecule has 0 heterocycles. The molecule has 2 aliphatic carbocycles. The lowest BCUT2D eigenvalue weighted by molar-refractivity contribution is -0.126. The molecule has 0 fully saturated rings. The standard InChI is InChI=1S/C10H6Br2O2/c11-7-8(12)10(14)6-4-2-1-3-5(6)9(7)13/h1-6H/t5-,6-/m1/s1. The lowest BCUT2D eigenvalue weighted by atomic mass is 9.79. The highest BCUT2D eigenvalue weighted by Gasteiger charge is 2.39. The summed E-state index contributed by atoms with van der Waals surface area (Å²) in [6, 6.07) is 0. The van der Waals surface area contributed by atoms with Gasteiger partial charge in [-0.3, -0.25) is 9.59 Å². The van der Waals surface area contributed by atoms with Gasteiger partial charge in [-0.2, -0.15) is 0 Å². The SMILES string of the molecule is O=C1C(Br)=C(Br)C(=O)[C@@H]2C=CC=C[C@@H]12. The molecule has 0 bridgehead atoms. The Morgan fingerprint density at radius 1 is 0.857 bits per heavy atom. The first kappa shape index (κ1) is 10.1. The van der Waals surface area contributed by atoms with Crippen molar-refractivity contribution in [2.24, 2.45) is 11.8 Å². The number of carbonyl (C=O) groups excluding carboxylic acids is 2. The second-order valence-corrected chi connectivity index (χ2v) is 4.76. The van der Waals surface area contributed by atoms with Gasteiger partial charge in [0.15, 0.2) is 11.6 Å². The molecule has 0 unspecified atom stereocenters. The van der Waals surface area contributed by atoms with Crippen molar-refractivity contribution >= 4 is 43.4 Å². The van der Waals surface area contributed by atoms with E-state index in [0.717, 1.165) is 0 Å². The van der Waals surface area contributed by atoms with E-state index >= 15 is 0 Å². The third-order valence-corrected chi connectivity index (χ3v) is 4.47. The summed E-state index contributed by atoms with van der Waals surface area (Å²) in [6.07, 6.45) is 7.13. The van der Waals surface area contributed by atoms with E-state index < -0.39 is 0 Å². The molecule has 0 saturated heterocycles. The predicted octanol–water partition coefficient (Wildman–Crippen LogP) is 2.50. The highest BCUT2D eigenvalue weighted by atomic mass is 79.9. The molecule has 0 amide bonds. The number of fused-ring (bicyclic) bond motifs is 1. The molecule has 2 rings (SSSR count). The Labute approximate surface area is 98.0 Å². The van der Waals surface area contributed by atoms with E-state index in [1.54, 1.807) is 24.3 Å². The van der Waals surface area contributed by atoms with Crippen LogP contribution >= 0.6 is 31.9 Å². The molecule has 72 valence electrons. The second-order valence-electron chi connectivity index (χ2n) is 3.18. The molecule has 2 aliphatic rings. The van der Waals surface area contributed by atoms with Gasteiger partial charge in [-0.1, -0.05) is 24.3 Å². The monoisotopic (exact) mass is 316 g/mol. The van der Waals surface area contributed by atoms with Crippen molar-refractivity contribution in [3.05, 3.63) is 33.3 Å². The summed E-state index contributed by atoms with van der Waals surface area (Å²) in [5.41, 5.74) is 0. The minimum absolute atomic E-state index is 0.0397. The summed E-state index contributed by atoms with van der Waals surface area (Å²) < 4.78 is 0.701. The molecule has 0 spiro atoms. The average molecular weight is 318 g/mol. The van der Waals surface area contributed by atoms with Crippen molar-refractivity contribution in [1.82, 2.24) is 0 Å². The molecule has 2 nitrogen and oxygen atoms in total. The number of hydrogen-bond donors (Lipinski definition) is 0. The van der Waals surface area contributed by atoms with Crippen LogP contribution in [-0.2, 0) is 9.59 Å². The molecule has 0 saturated carbocycles. The zero-order chi connectivity index (χ0) is 10.3. The lowest BCUT2D eigenvalue weighted by Gasteiger charge is -2.26. The van der Waals surface area contributed by atoms with Gasteiger partial charge in [0.2, 0.25) is 0 Å². The Morgan fingerprint density at radius 2 is 1.21 bits per heavy atom. The van der Waals surface area contributed by atoms with Crippen molar-refractivity contribution < 1.29 is 9.59 Å². The fraction of sp³-hybridized carbons (Fsp3) is 0.200. The Hall–Kier alpha value is -0.480. The van der Waals surface area contributed by atoms with Crippen LogP contribution < -0.4 is 0 Å². The molecule has 4 heteroatoms. The summed E-state index contributed by atoms with van der Waals surface area (Å²) >= 11 is 6.25. The maximum atomic E-state index is 11.7. The predicted molar refractivity (Wildman–Crippen MR) is 60.2 cm³/mol. The summed E-state index contributed by atoms with van der Waals surface area (Å²) in [7, 11) is 0. The minimum atomic E-state index is -0.330. The number of ketones is 2. The van der Waals surface area contributed by atoms with Gasteiger partial charge in [0.05, 0.1) is 20.8 Å². The van der Waals surface area contributed by atoms with Crippen molar-refractivity contribution in [1.29, 1.82) is 0 Å². The van der Waals surface area contributed by atoms with Gasteiger partial charge in [-0.15, -0.1) is 0 Å². The number of allylic oxidation sites excluding steroid dienone is 6. The quantitative estimate of drug-likeness (QED) is 0.688. The average Bonchev–Trinajstić information content (AvgIpc) is 2.23. The molecule has 0 aromatic carbocycles. The topological polar surface area (TPSA) is 34.1 Å². The Bertz CT molecular complexity index is 366. The van der Waals surface area contributed by atoms with Gasteiger partial charge < -0.3 is 0 Å². The lowest BCUT2D eigenvalue weighted by Crippen LogP contribution is -2.33. The smallest absolute Gasteiger partial charge is 0.178 e. The van der Waals surface area contributed by atoms with E-state index in [2.05, 4.69) is 31.9 Å². The number of hydrogen-bond acceptors (Lipinski definition) is 2. The first-order valence-corrected chi connectivity index (χ1v) is 5.70. The van der Waals surface area contributed by atoms with Crippen LogP contribution in [0.2, 0.25) is 0 Å². The molecular weight excluding hydrogens is 312 g/mol. The van der Waals surface area contributed by atoms with Crippen LogP contribution in [0.25, 0.3) is 0 Å². The van der Waals surface area contributed by atoms with Gasteiger partial charge in [0.1, 0.15) is 0 Å². The second kappa shape index (κ2) is 3.59. The van der Waals surface area contributed by atoms with Gasteiger partial charge in [0.25, 0.3) is 0 Å². The third kappa shape index (κ3) is 1.37. The van der Waals surface area contributed by atoms with Crippen molar-refractivity contribution in [3.8, 4) is 0 Å². The highest BCUT2D eigenvalue weighted by molar-refractivity contribution is 9.14. The van der Waals surface area contributed by atoms with Crippen LogP contribution in [0, 0.1) is 11.8 Å². The summed E-state index contributed by atoms with van der Waals surface area (Å²) in [4.78, 5) is 23.5. The van der Waals surface area contributed by atoms with E-state index in [1.165, 1.54) is 0 Å². The Kier molecular flexibility index (Phi) is 2.58. The maximum absolute atomic E-state index is 11.7. The fourth-order valence-electron chi connectivity index (χ4n) is 1.62. The summed E-state index contributed by atoms with van der Waals surface area (Å²) in [5.74, 6) is -0.740. The van der Waals surface area contributed by atoms with E-state index in [-0.39, 0.29) is 23.4 Å². The normalized spacial score (nSPS) is 31.0. The molecule has 0 radical (unpaired) electrons. The number of rotatable bonds is 0. The van der Waals surface area contributed by atoms with Crippen molar-refractivity contribution in [3.63, 3.8) is 0 Å². The number of Topliss-reactive ketones (excluding diaryl/α,β-unsaturated/α-hetero) is 2. The highest BCUT2D eigenvalue weighted by Crippen LogP contribution is 2.37. The summed E-state index contributed by atoms with van der Waals surface area (Å²) in [5, 5.41) is 0. The molecule has 2 atom stereocenters. The molecule has 0 aliphatic heterocycles. The van der Waals surface area contributed by atoms with Crippen LogP contribution in [0.1, 0.15) is 0 Å². The molecule has 0 N–H and O–H groups in total. The van der Waals surface area contributed by atoms with Crippen LogP contribution in [-0.4, -0.2) is 11.6 Å². The summed E-state index contributed by atoms with van der Waals surface area (Å²) in [6.45, 7) is 0. The third-order valence-electron chi connectivity index (χ3n) is 2.37. The molecule has 14 heavy (non-hydrogen) atoms. The Morgan fingerprint density at radius 3 is 1.57 bits per heavy atom. The first-order valence-electron chi connectivity index (χ1n) is 4.11. The van der Waals surface area contributed by atoms with Crippen LogP contribution in [0.4, 0.5) is 0 Å². The van der Waals surface area contributed by atoms with E-state index in [4.69, 9.17) is 0 Å². The van der Waals surface area contributed by atoms with Crippen LogP contribution in [0.15, 0.2) is 33.3 Å². The van der Waals surface area contributed by atoms with E-state index in [0.29, 0.717) is 8.96 Å². The van der Waals surface area contributed by atoms with Gasteiger partial charge >= 0.3 is 0 Å².